The first kappa shape index (κ1) is 19.8. The van der Waals surface area contributed by atoms with E-state index in [2.05, 4.69) is 20.8 Å². The van der Waals surface area contributed by atoms with E-state index in [1.165, 1.54) is 7.11 Å². The first-order valence-electron chi connectivity index (χ1n) is 8.81. The molecular weight excluding hydrogens is 334 g/mol. The monoisotopic (exact) mass is 363 g/mol. The lowest BCUT2D eigenvalue weighted by molar-refractivity contribution is -0.148. The van der Waals surface area contributed by atoms with Gasteiger partial charge in [0, 0.05) is 27.3 Å². The molecule has 5 heteroatoms. The summed E-state index contributed by atoms with van der Waals surface area (Å²) in [6, 6.07) is 7.96. The Morgan fingerprint density at radius 3 is 2.40 bits per heavy atom. The molecule has 0 heterocycles. The lowest BCUT2D eigenvalue weighted by Gasteiger charge is -2.39. The van der Waals surface area contributed by atoms with Crippen molar-refractivity contribution in [1.82, 2.24) is 4.90 Å². The van der Waals surface area contributed by atoms with Gasteiger partial charge in [-0.25, -0.2) is 0 Å². The number of carbonyl (C=O) groups excluding carboxylic acids is 2. The molecule has 25 heavy (non-hydrogen) atoms. The lowest BCUT2D eigenvalue weighted by Crippen LogP contribution is -2.49. The van der Waals surface area contributed by atoms with Crippen LogP contribution in [0.1, 0.15) is 57.8 Å². The predicted octanol–water partition coefficient (Wildman–Crippen LogP) is 4.38. The maximum absolute atomic E-state index is 13.0. The minimum atomic E-state index is -0.226. The van der Waals surface area contributed by atoms with Crippen LogP contribution in [0.5, 0.6) is 0 Å². The number of benzene rings is 1. The zero-order valence-corrected chi connectivity index (χ0v) is 16.9. The summed E-state index contributed by atoms with van der Waals surface area (Å²) in [4.78, 5) is 27.5. The molecule has 138 valence electrons. The summed E-state index contributed by atoms with van der Waals surface area (Å²) in [5, 5.41) is 0.415. The van der Waals surface area contributed by atoms with Gasteiger partial charge in [-0.15, -0.1) is 11.8 Å². The van der Waals surface area contributed by atoms with Gasteiger partial charge < -0.3 is 9.64 Å². The number of ether oxygens (including phenoxy) is 1. The normalized spacial score (nSPS) is 20.1. The van der Waals surface area contributed by atoms with E-state index in [-0.39, 0.29) is 29.4 Å². The lowest BCUT2D eigenvalue weighted by atomic mass is 9.85. The van der Waals surface area contributed by atoms with Crippen LogP contribution in [-0.4, -0.2) is 40.7 Å². The molecule has 0 saturated heterocycles. The van der Waals surface area contributed by atoms with Gasteiger partial charge in [0.15, 0.2) is 0 Å². The van der Waals surface area contributed by atoms with Gasteiger partial charge in [-0.2, -0.15) is 0 Å². The molecule has 0 unspecified atom stereocenters. The molecule has 1 aromatic carbocycles. The average Bonchev–Trinajstić information content (AvgIpc) is 2.48. The summed E-state index contributed by atoms with van der Waals surface area (Å²) in [5.74, 6) is -0.0193. The van der Waals surface area contributed by atoms with Crippen molar-refractivity contribution < 1.29 is 14.3 Å². The second-order valence-electron chi connectivity index (χ2n) is 7.90. The summed E-state index contributed by atoms with van der Waals surface area (Å²) >= 11 is 1.74. The molecule has 0 bridgehead atoms. The Kier molecular flexibility index (Phi) is 6.20. The quantitative estimate of drug-likeness (QED) is 0.729. The van der Waals surface area contributed by atoms with Crippen molar-refractivity contribution in [3.05, 3.63) is 29.8 Å². The van der Waals surface area contributed by atoms with E-state index in [1.807, 2.05) is 43.0 Å². The van der Waals surface area contributed by atoms with Crippen LogP contribution < -0.4 is 0 Å². The van der Waals surface area contributed by atoms with Crippen molar-refractivity contribution in [3.8, 4) is 0 Å². The van der Waals surface area contributed by atoms with Crippen LogP contribution >= 0.6 is 11.8 Å². The van der Waals surface area contributed by atoms with E-state index in [1.54, 1.807) is 11.8 Å². The number of esters is 1. The first-order valence-corrected chi connectivity index (χ1v) is 9.69. The molecule has 1 aromatic rings. The summed E-state index contributed by atoms with van der Waals surface area (Å²) in [6.45, 7) is 10.3. The van der Waals surface area contributed by atoms with E-state index in [4.69, 9.17) is 4.74 Å². The highest BCUT2D eigenvalue weighted by molar-refractivity contribution is 8.00. The van der Waals surface area contributed by atoms with Crippen molar-refractivity contribution >= 4 is 23.6 Å². The van der Waals surface area contributed by atoms with Crippen LogP contribution in [0.2, 0.25) is 0 Å². The van der Waals surface area contributed by atoms with E-state index < -0.39 is 0 Å². The van der Waals surface area contributed by atoms with Gasteiger partial charge in [-0.1, -0.05) is 6.07 Å². The molecule has 0 N–H and O–H groups in total. The predicted molar refractivity (Wildman–Crippen MR) is 102 cm³/mol. The highest BCUT2D eigenvalue weighted by Gasteiger charge is 2.36. The van der Waals surface area contributed by atoms with Crippen LogP contribution in [0.4, 0.5) is 0 Å². The van der Waals surface area contributed by atoms with Gasteiger partial charge in [0.05, 0.1) is 13.0 Å². The minimum absolute atomic E-state index is 0.0321. The topological polar surface area (TPSA) is 46.6 Å². The second kappa shape index (κ2) is 7.81. The highest BCUT2D eigenvalue weighted by Crippen LogP contribution is 2.41. The Balaban J connectivity index is 2.06. The van der Waals surface area contributed by atoms with E-state index in [0.29, 0.717) is 5.25 Å². The fourth-order valence-corrected chi connectivity index (χ4v) is 4.76. The molecule has 0 radical (unpaired) electrons. The van der Waals surface area contributed by atoms with Crippen LogP contribution in [0.15, 0.2) is 29.2 Å². The average molecular weight is 364 g/mol. The minimum Gasteiger partial charge on any atom is -0.469 e. The van der Waals surface area contributed by atoms with E-state index in [0.717, 1.165) is 23.3 Å². The number of hydrogen-bond donors (Lipinski definition) is 0. The number of methoxy groups -OCH3 is 1. The first-order chi connectivity index (χ1) is 11.6. The fourth-order valence-electron chi connectivity index (χ4n) is 3.37. The molecule has 0 spiro atoms. The van der Waals surface area contributed by atoms with Crippen molar-refractivity contribution in [2.24, 2.45) is 5.92 Å². The van der Waals surface area contributed by atoms with Crippen molar-refractivity contribution in [2.75, 3.05) is 7.11 Å². The molecule has 1 saturated carbocycles. The molecule has 0 atom stereocenters. The molecule has 1 aliphatic carbocycles. The molecule has 1 fully saturated rings. The fraction of sp³-hybridized carbons (Fsp3) is 0.600. The molecule has 1 amide bonds. The maximum Gasteiger partial charge on any atom is 0.308 e. The number of amides is 1. The second-order valence-corrected chi connectivity index (χ2v) is 9.27. The van der Waals surface area contributed by atoms with E-state index in [9.17, 15) is 9.59 Å². The third-order valence-corrected chi connectivity index (χ3v) is 5.72. The number of nitrogens with zero attached hydrogens (tertiary/aromatic N) is 1. The van der Waals surface area contributed by atoms with Gasteiger partial charge in [-0.05, 0) is 65.7 Å². The van der Waals surface area contributed by atoms with Crippen LogP contribution in [0.3, 0.4) is 0 Å². The van der Waals surface area contributed by atoms with Gasteiger partial charge in [0.2, 0.25) is 0 Å². The molecule has 0 aliphatic heterocycles. The van der Waals surface area contributed by atoms with Crippen LogP contribution in [0.25, 0.3) is 0 Å². The summed E-state index contributed by atoms with van der Waals surface area (Å²) in [5.41, 5.74) is 0.494. The van der Waals surface area contributed by atoms with Crippen molar-refractivity contribution in [1.29, 1.82) is 0 Å². The standard InChI is InChI=1S/C20H29NO3S/c1-13(2)21(20(3,4)5)18(22)14-8-7-9-16(10-14)25-17-11-15(12-17)19(23)24-6/h7-10,13,15,17H,11-12H2,1-6H3. The van der Waals surface area contributed by atoms with Gasteiger partial charge in [0.25, 0.3) is 5.91 Å². The Labute approximate surface area is 155 Å². The van der Waals surface area contributed by atoms with Gasteiger partial charge in [-0.3, -0.25) is 9.59 Å². The Morgan fingerprint density at radius 1 is 1.24 bits per heavy atom. The molecular formula is C20H29NO3S. The number of thioether (sulfide) groups is 1. The molecule has 1 aliphatic rings. The van der Waals surface area contributed by atoms with Gasteiger partial charge >= 0.3 is 5.97 Å². The van der Waals surface area contributed by atoms with Crippen molar-refractivity contribution in [3.63, 3.8) is 0 Å². The summed E-state index contributed by atoms with van der Waals surface area (Å²) in [7, 11) is 1.44. The highest BCUT2D eigenvalue weighted by atomic mass is 32.2. The maximum atomic E-state index is 13.0. The van der Waals surface area contributed by atoms with Crippen molar-refractivity contribution in [2.45, 2.75) is 69.2 Å². The summed E-state index contributed by atoms with van der Waals surface area (Å²) < 4.78 is 4.79. The Hall–Kier alpha value is -1.49. The number of carbonyl (C=O) groups is 2. The zero-order valence-electron chi connectivity index (χ0n) is 16.0. The number of hydrogen-bond acceptors (Lipinski definition) is 4. The van der Waals surface area contributed by atoms with Gasteiger partial charge in [0.1, 0.15) is 0 Å². The third kappa shape index (κ3) is 4.78. The summed E-state index contributed by atoms with van der Waals surface area (Å²) in [6.07, 6.45) is 1.69. The SMILES string of the molecule is COC(=O)C1CC(Sc2cccc(C(=O)N(C(C)C)C(C)(C)C)c2)C1. The van der Waals surface area contributed by atoms with E-state index >= 15 is 0 Å². The Morgan fingerprint density at radius 2 is 1.88 bits per heavy atom. The third-order valence-electron chi connectivity index (χ3n) is 4.47. The van der Waals surface area contributed by atoms with Crippen LogP contribution in [-0.2, 0) is 9.53 Å². The molecule has 0 aromatic heterocycles. The number of rotatable bonds is 5. The molecule has 4 nitrogen and oxygen atoms in total. The zero-order chi connectivity index (χ0) is 18.8. The smallest absolute Gasteiger partial charge is 0.308 e. The van der Waals surface area contributed by atoms with Crippen LogP contribution in [0, 0.1) is 5.92 Å². The molecule has 2 rings (SSSR count). The Bertz CT molecular complexity index is 630. The largest absolute Gasteiger partial charge is 0.469 e.